The summed E-state index contributed by atoms with van der Waals surface area (Å²) in [7, 11) is 1.88. The molecule has 1 aromatic carbocycles. The van der Waals surface area contributed by atoms with E-state index < -0.39 is 0 Å². The van der Waals surface area contributed by atoms with Crippen LogP contribution >= 0.6 is 0 Å². The lowest BCUT2D eigenvalue weighted by molar-refractivity contribution is 0.628. The molecule has 0 fully saturated rings. The Morgan fingerprint density at radius 2 is 1.81 bits per heavy atom. The van der Waals surface area contributed by atoms with Crippen molar-refractivity contribution in [2.45, 2.75) is 0 Å². The molecule has 150 valence electrons. The largest absolute Gasteiger partial charge is 0.352 e. The van der Waals surface area contributed by atoms with Gasteiger partial charge >= 0.3 is 0 Å². The minimum Gasteiger partial charge on any atom is -0.352 e. The lowest BCUT2D eigenvalue weighted by Crippen LogP contribution is -1.86. The third-order valence-electron chi connectivity index (χ3n) is 5.36. The van der Waals surface area contributed by atoms with Crippen molar-refractivity contribution in [1.29, 1.82) is 0 Å². The first-order chi connectivity index (χ1) is 15.2. The van der Waals surface area contributed by atoms with Crippen LogP contribution in [0.15, 0.2) is 67.3 Å². The van der Waals surface area contributed by atoms with Crippen molar-refractivity contribution < 1.29 is 4.39 Å². The molecule has 0 bridgehead atoms. The first-order valence-electron chi connectivity index (χ1n) is 9.73. The molecule has 0 spiro atoms. The number of fused-ring (bicyclic) bond motifs is 2. The van der Waals surface area contributed by atoms with Gasteiger partial charge in [-0.15, -0.1) is 0 Å². The number of aromatic nitrogens is 7. The van der Waals surface area contributed by atoms with Crippen molar-refractivity contribution >= 4 is 21.9 Å². The van der Waals surface area contributed by atoms with Gasteiger partial charge in [-0.2, -0.15) is 10.2 Å². The first-order valence-corrected chi connectivity index (χ1v) is 9.73. The van der Waals surface area contributed by atoms with Gasteiger partial charge in [0.25, 0.3) is 0 Å². The van der Waals surface area contributed by atoms with E-state index >= 15 is 0 Å². The average Bonchev–Trinajstić information content (AvgIpc) is 3.51. The normalized spacial score (nSPS) is 11.5. The van der Waals surface area contributed by atoms with Crippen LogP contribution in [0.5, 0.6) is 0 Å². The Morgan fingerprint density at radius 1 is 0.935 bits per heavy atom. The molecule has 0 unspecified atom stereocenters. The molecule has 0 radical (unpaired) electrons. The van der Waals surface area contributed by atoms with Gasteiger partial charge in [0.05, 0.1) is 34.8 Å². The molecule has 2 N–H and O–H groups in total. The van der Waals surface area contributed by atoms with Crippen LogP contribution in [-0.4, -0.2) is 34.9 Å². The molecule has 0 aliphatic rings. The van der Waals surface area contributed by atoms with E-state index in [4.69, 9.17) is 4.98 Å². The third kappa shape index (κ3) is 2.88. The topological polar surface area (TPSA) is 88.1 Å². The highest BCUT2D eigenvalue weighted by molar-refractivity contribution is 5.99. The fourth-order valence-corrected chi connectivity index (χ4v) is 3.84. The van der Waals surface area contributed by atoms with Crippen LogP contribution < -0.4 is 0 Å². The maximum atomic E-state index is 13.4. The summed E-state index contributed by atoms with van der Waals surface area (Å²) in [6.45, 7) is 0. The highest BCUT2D eigenvalue weighted by Crippen LogP contribution is 2.33. The number of hydrogen-bond donors (Lipinski definition) is 2. The molecule has 0 atom stereocenters. The molecular formula is C23H16FN7. The molecule has 31 heavy (non-hydrogen) atoms. The summed E-state index contributed by atoms with van der Waals surface area (Å²) in [4.78, 5) is 12.6. The van der Waals surface area contributed by atoms with Crippen LogP contribution in [0.1, 0.15) is 0 Å². The van der Waals surface area contributed by atoms with Crippen LogP contribution in [0.3, 0.4) is 0 Å². The molecule has 6 rings (SSSR count). The second-order valence-corrected chi connectivity index (χ2v) is 7.41. The predicted molar refractivity (Wildman–Crippen MR) is 117 cm³/mol. The summed E-state index contributed by atoms with van der Waals surface area (Å²) in [5, 5.41) is 12.8. The number of pyridine rings is 2. The summed E-state index contributed by atoms with van der Waals surface area (Å²) >= 11 is 0. The number of benzene rings is 1. The van der Waals surface area contributed by atoms with Crippen molar-refractivity contribution in [3.63, 3.8) is 0 Å². The SMILES string of the molecule is Cn1cc(-c2ccc3[nH]nc(-c4cc5c(-c6ccc(F)cc6)cncc5[nH]4)c3n2)cn1. The molecule has 5 aromatic heterocycles. The molecule has 5 heterocycles. The fraction of sp³-hybridized carbons (Fsp3) is 0.0435. The van der Waals surface area contributed by atoms with Crippen LogP contribution in [-0.2, 0) is 7.05 Å². The number of H-pyrrole nitrogens is 2. The highest BCUT2D eigenvalue weighted by atomic mass is 19.1. The molecule has 0 saturated carbocycles. The third-order valence-corrected chi connectivity index (χ3v) is 5.36. The molecule has 7 nitrogen and oxygen atoms in total. The summed E-state index contributed by atoms with van der Waals surface area (Å²) in [5.74, 6) is -0.267. The Bertz CT molecular complexity index is 1560. The molecular weight excluding hydrogens is 393 g/mol. The van der Waals surface area contributed by atoms with Crippen LogP contribution in [0.25, 0.3) is 55.7 Å². The first kappa shape index (κ1) is 17.5. The van der Waals surface area contributed by atoms with Gasteiger partial charge in [0.2, 0.25) is 0 Å². The number of rotatable bonds is 3. The number of hydrogen-bond acceptors (Lipinski definition) is 4. The number of aromatic amines is 2. The number of aryl methyl sites for hydroxylation is 1. The van der Waals surface area contributed by atoms with Gasteiger partial charge in [-0.25, -0.2) is 9.37 Å². The van der Waals surface area contributed by atoms with Gasteiger partial charge in [-0.3, -0.25) is 14.8 Å². The molecule has 0 saturated heterocycles. The van der Waals surface area contributed by atoms with E-state index in [9.17, 15) is 4.39 Å². The molecule has 0 aliphatic heterocycles. The Labute approximate surface area is 175 Å². The maximum Gasteiger partial charge on any atom is 0.135 e. The van der Waals surface area contributed by atoms with E-state index in [-0.39, 0.29) is 5.82 Å². The second kappa shape index (κ2) is 6.60. The van der Waals surface area contributed by atoms with Crippen LogP contribution in [0.4, 0.5) is 4.39 Å². The minimum absolute atomic E-state index is 0.267. The van der Waals surface area contributed by atoms with Crippen LogP contribution in [0, 0.1) is 5.82 Å². The zero-order valence-electron chi connectivity index (χ0n) is 16.5. The van der Waals surface area contributed by atoms with Crippen molar-refractivity contribution in [1.82, 2.24) is 34.9 Å². The van der Waals surface area contributed by atoms with Gasteiger partial charge in [0.15, 0.2) is 0 Å². The maximum absolute atomic E-state index is 13.4. The highest BCUT2D eigenvalue weighted by Gasteiger charge is 2.16. The molecule has 6 aromatic rings. The Kier molecular flexibility index (Phi) is 3.73. The standard InChI is InChI=1S/C23H16FN7/c1-31-12-14(9-26-31)18-6-7-19-22(28-18)23(30-29-19)20-8-16-17(10-25-11-21(16)27-20)13-2-4-15(24)5-3-13/h2-12,27H,1H3,(H,29,30). The number of nitrogens with zero attached hydrogens (tertiary/aromatic N) is 5. The number of halogens is 1. The summed E-state index contributed by atoms with van der Waals surface area (Å²) in [5.41, 5.74) is 7.62. The lowest BCUT2D eigenvalue weighted by Gasteiger charge is -2.02. The van der Waals surface area contributed by atoms with E-state index in [0.717, 1.165) is 55.7 Å². The van der Waals surface area contributed by atoms with Crippen molar-refractivity contribution in [3.05, 3.63) is 73.1 Å². The van der Waals surface area contributed by atoms with Gasteiger partial charge < -0.3 is 4.98 Å². The minimum atomic E-state index is -0.267. The van der Waals surface area contributed by atoms with Gasteiger partial charge in [-0.1, -0.05) is 12.1 Å². The van der Waals surface area contributed by atoms with Crippen molar-refractivity contribution in [2.75, 3.05) is 0 Å². The molecule has 8 heteroatoms. The van der Waals surface area contributed by atoms with Crippen molar-refractivity contribution in [2.24, 2.45) is 7.05 Å². The quantitative estimate of drug-likeness (QED) is 0.443. The Balaban J connectivity index is 1.50. The second-order valence-electron chi connectivity index (χ2n) is 7.41. The average molecular weight is 409 g/mol. The van der Waals surface area contributed by atoms with E-state index in [1.807, 2.05) is 31.4 Å². The zero-order valence-corrected chi connectivity index (χ0v) is 16.5. The molecule has 0 aliphatic carbocycles. The lowest BCUT2D eigenvalue weighted by atomic mass is 10.0. The van der Waals surface area contributed by atoms with E-state index in [1.165, 1.54) is 12.1 Å². The predicted octanol–water partition coefficient (Wildman–Crippen LogP) is 4.71. The zero-order chi connectivity index (χ0) is 20.9. The summed E-state index contributed by atoms with van der Waals surface area (Å²) < 4.78 is 15.1. The monoisotopic (exact) mass is 409 g/mol. The van der Waals surface area contributed by atoms with Gasteiger partial charge in [-0.05, 0) is 35.9 Å². The smallest absolute Gasteiger partial charge is 0.135 e. The summed E-state index contributed by atoms with van der Waals surface area (Å²) in [6, 6.07) is 12.4. The Morgan fingerprint density at radius 3 is 2.61 bits per heavy atom. The molecule has 0 amide bonds. The van der Waals surface area contributed by atoms with Crippen molar-refractivity contribution in [3.8, 4) is 33.8 Å². The van der Waals surface area contributed by atoms with Gasteiger partial charge in [0, 0.05) is 36.0 Å². The summed E-state index contributed by atoms with van der Waals surface area (Å²) in [6.07, 6.45) is 7.28. The number of nitrogens with one attached hydrogen (secondary N) is 2. The van der Waals surface area contributed by atoms with E-state index in [2.05, 4.69) is 25.3 Å². The fourth-order valence-electron chi connectivity index (χ4n) is 3.84. The Hall–Kier alpha value is -4.33. The van der Waals surface area contributed by atoms with E-state index in [1.54, 1.807) is 35.4 Å². The van der Waals surface area contributed by atoms with Crippen LogP contribution in [0.2, 0.25) is 0 Å². The van der Waals surface area contributed by atoms with E-state index in [0.29, 0.717) is 0 Å². The van der Waals surface area contributed by atoms with Gasteiger partial charge in [0.1, 0.15) is 17.0 Å².